The van der Waals surface area contributed by atoms with Gasteiger partial charge in [-0.25, -0.2) is 9.78 Å². The molecule has 1 atom stereocenters. The molecular weight excluding hydrogens is 470 g/mol. The molecule has 0 aliphatic carbocycles. The van der Waals surface area contributed by atoms with Gasteiger partial charge in [-0.2, -0.15) is 8.75 Å². The molecule has 35 heavy (non-hydrogen) atoms. The number of esters is 1. The first-order chi connectivity index (χ1) is 17.0. The van der Waals surface area contributed by atoms with Crippen molar-refractivity contribution in [3.8, 4) is 17.4 Å². The third kappa shape index (κ3) is 3.96. The van der Waals surface area contributed by atoms with Crippen LogP contribution in [-0.2, 0) is 21.7 Å². The Morgan fingerprint density at radius 1 is 0.943 bits per heavy atom. The number of aromatic nitrogens is 3. The third-order valence-electron chi connectivity index (χ3n) is 5.86. The van der Waals surface area contributed by atoms with Gasteiger partial charge in [-0.1, -0.05) is 12.1 Å². The maximum absolute atomic E-state index is 13.3. The summed E-state index contributed by atoms with van der Waals surface area (Å²) < 4.78 is 30.0. The molecule has 0 bridgehead atoms. The SMILES string of the molecule is COc1ccc(CC2=C(c3ccc4nsnc4c3)C(=O)OC2(O)c2ccc(OC)c(OC)c2)cn1. The van der Waals surface area contributed by atoms with Crippen LogP contribution in [0.5, 0.6) is 17.4 Å². The van der Waals surface area contributed by atoms with Gasteiger partial charge >= 0.3 is 5.97 Å². The molecule has 4 aromatic rings. The number of fused-ring (bicyclic) bond motifs is 1. The fourth-order valence-electron chi connectivity index (χ4n) is 4.10. The minimum absolute atomic E-state index is 0.191. The lowest BCUT2D eigenvalue weighted by Crippen LogP contribution is -2.29. The Morgan fingerprint density at radius 3 is 2.46 bits per heavy atom. The molecule has 0 fully saturated rings. The lowest BCUT2D eigenvalue weighted by atomic mass is 9.88. The van der Waals surface area contributed by atoms with Crippen molar-refractivity contribution in [3.05, 3.63) is 77.0 Å². The topological polar surface area (TPSA) is 113 Å². The van der Waals surface area contributed by atoms with Crippen LogP contribution >= 0.6 is 11.7 Å². The molecule has 2 aromatic heterocycles. The first kappa shape index (κ1) is 22.8. The molecule has 1 unspecified atom stereocenters. The van der Waals surface area contributed by atoms with Crippen LogP contribution in [-0.4, -0.2) is 46.1 Å². The summed E-state index contributed by atoms with van der Waals surface area (Å²) in [6, 6.07) is 13.7. The summed E-state index contributed by atoms with van der Waals surface area (Å²) in [5.41, 5.74) is 3.65. The second-order valence-corrected chi connectivity index (χ2v) is 8.34. The summed E-state index contributed by atoms with van der Waals surface area (Å²) in [5.74, 6) is -1.36. The number of aliphatic hydroxyl groups is 1. The van der Waals surface area contributed by atoms with E-state index in [1.54, 1.807) is 48.7 Å². The number of hydrogen-bond donors (Lipinski definition) is 1. The fourth-order valence-corrected chi connectivity index (χ4v) is 4.62. The maximum atomic E-state index is 13.3. The van der Waals surface area contributed by atoms with Gasteiger partial charge in [0.2, 0.25) is 5.88 Å². The van der Waals surface area contributed by atoms with Gasteiger partial charge in [0.25, 0.3) is 5.79 Å². The van der Waals surface area contributed by atoms with Crippen LogP contribution in [0.15, 0.2) is 60.3 Å². The Balaban J connectivity index is 1.69. The molecule has 0 spiro atoms. The maximum Gasteiger partial charge on any atom is 0.342 e. The average Bonchev–Trinajstić information content (AvgIpc) is 3.45. The molecule has 1 aliphatic heterocycles. The molecule has 5 rings (SSSR count). The van der Waals surface area contributed by atoms with Crippen LogP contribution in [0.25, 0.3) is 16.6 Å². The van der Waals surface area contributed by atoms with E-state index in [0.29, 0.717) is 39.6 Å². The lowest BCUT2D eigenvalue weighted by Gasteiger charge is -2.26. The predicted molar refractivity (Wildman–Crippen MR) is 128 cm³/mol. The molecule has 0 radical (unpaired) electrons. The second kappa shape index (κ2) is 8.97. The van der Waals surface area contributed by atoms with E-state index in [4.69, 9.17) is 18.9 Å². The minimum Gasteiger partial charge on any atom is -0.493 e. The van der Waals surface area contributed by atoms with Crippen molar-refractivity contribution < 1.29 is 28.8 Å². The molecule has 2 aromatic carbocycles. The minimum atomic E-state index is -2.04. The van der Waals surface area contributed by atoms with Crippen LogP contribution in [0.3, 0.4) is 0 Å². The summed E-state index contributed by atoms with van der Waals surface area (Å²) in [6.45, 7) is 0. The van der Waals surface area contributed by atoms with Crippen LogP contribution in [0.2, 0.25) is 0 Å². The number of pyridine rings is 1. The van der Waals surface area contributed by atoms with Crippen LogP contribution in [0.1, 0.15) is 16.7 Å². The Bertz CT molecular complexity index is 1450. The number of cyclic esters (lactones) is 1. The highest BCUT2D eigenvalue weighted by atomic mass is 32.1. The van der Waals surface area contributed by atoms with Crippen molar-refractivity contribution >= 4 is 34.3 Å². The number of rotatable bonds is 7. The summed E-state index contributed by atoms with van der Waals surface area (Å²) in [4.78, 5) is 17.5. The molecule has 0 saturated heterocycles. The molecule has 10 heteroatoms. The van der Waals surface area contributed by atoms with E-state index in [9.17, 15) is 9.90 Å². The van der Waals surface area contributed by atoms with Gasteiger partial charge in [0.15, 0.2) is 11.5 Å². The van der Waals surface area contributed by atoms with Gasteiger partial charge < -0.3 is 24.1 Å². The van der Waals surface area contributed by atoms with Gasteiger partial charge in [-0.15, -0.1) is 0 Å². The molecule has 178 valence electrons. The first-order valence-electron chi connectivity index (χ1n) is 10.6. The summed E-state index contributed by atoms with van der Waals surface area (Å²) in [6.07, 6.45) is 1.82. The van der Waals surface area contributed by atoms with E-state index >= 15 is 0 Å². The molecule has 0 amide bonds. The highest BCUT2D eigenvalue weighted by molar-refractivity contribution is 7.00. The van der Waals surface area contributed by atoms with Crippen LogP contribution in [0, 0.1) is 0 Å². The van der Waals surface area contributed by atoms with E-state index in [2.05, 4.69) is 13.7 Å². The van der Waals surface area contributed by atoms with Gasteiger partial charge in [0.05, 0.1) is 38.6 Å². The van der Waals surface area contributed by atoms with Crippen LogP contribution < -0.4 is 14.2 Å². The van der Waals surface area contributed by atoms with E-state index in [0.717, 1.165) is 22.8 Å². The quantitative estimate of drug-likeness (QED) is 0.388. The highest BCUT2D eigenvalue weighted by Crippen LogP contribution is 2.46. The molecule has 3 heterocycles. The number of hydrogen-bond acceptors (Lipinski definition) is 10. The zero-order valence-electron chi connectivity index (χ0n) is 19.1. The Kier molecular flexibility index (Phi) is 5.83. The van der Waals surface area contributed by atoms with E-state index in [-0.39, 0.29) is 12.0 Å². The lowest BCUT2D eigenvalue weighted by molar-refractivity contribution is -0.185. The van der Waals surface area contributed by atoms with E-state index in [1.807, 2.05) is 6.07 Å². The predicted octanol–water partition coefficient (Wildman–Crippen LogP) is 3.51. The van der Waals surface area contributed by atoms with Crippen molar-refractivity contribution in [2.75, 3.05) is 21.3 Å². The molecule has 9 nitrogen and oxygen atoms in total. The van der Waals surface area contributed by atoms with Gasteiger partial charge in [-0.3, -0.25) is 0 Å². The van der Waals surface area contributed by atoms with Crippen molar-refractivity contribution in [1.29, 1.82) is 0 Å². The third-order valence-corrected chi connectivity index (χ3v) is 6.42. The second-order valence-electron chi connectivity index (χ2n) is 7.81. The normalized spacial score (nSPS) is 17.5. The number of carbonyl (C=O) groups excluding carboxylic acids is 1. The number of ether oxygens (including phenoxy) is 4. The molecular formula is C25H21N3O6S. The van der Waals surface area contributed by atoms with E-state index < -0.39 is 11.8 Å². The van der Waals surface area contributed by atoms with Gasteiger partial charge in [0.1, 0.15) is 11.0 Å². The number of nitrogens with zero attached hydrogens (tertiary/aromatic N) is 3. The zero-order chi connectivity index (χ0) is 24.6. The van der Waals surface area contributed by atoms with E-state index in [1.165, 1.54) is 21.3 Å². The fraction of sp³-hybridized carbons (Fsp3) is 0.200. The van der Waals surface area contributed by atoms with Crippen molar-refractivity contribution in [2.45, 2.75) is 12.2 Å². The Morgan fingerprint density at radius 2 is 1.74 bits per heavy atom. The number of carbonyl (C=O) groups is 1. The summed E-state index contributed by atoms with van der Waals surface area (Å²) in [5, 5.41) is 11.9. The largest absolute Gasteiger partial charge is 0.493 e. The van der Waals surface area contributed by atoms with Crippen molar-refractivity contribution in [2.24, 2.45) is 0 Å². The van der Waals surface area contributed by atoms with Crippen molar-refractivity contribution in [3.63, 3.8) is 0 Å². The monoisotopic (exact) mass is 491 g/mol. The Hall–Kier alpha value is -4.02. The van der Waals surface area contributed by atoms with Gasteiger partial charge in [-0.05, 0) is 41.5 Å². The summed E-state index contributed by atoms with van der Waals surface area (Å²) in [7, 11) is 4.55. The van der Waals surface area contributed by atoms with Crippen LogP contribution in [0.4, 0.5) is 0 Å². The molecule has 1 N–H and O–H groups in total. The number of benzene rings is 2. The zero-order valence-corrected chi connectivity index (χ0v) is 20.0. The average molecular weight is 492 g/mol. The number of methoxy groups -OCH3 is 3. The van der Waals surface area contributed by atoms with Crippen molar-refractivity contribution in [1.82, 2.24) is 13.7 Å². The standard InChI is InChI=1S/C25H21N3O6S/c1-31-20-8-6-16(12-21(20)32-2)25(30)17(10-14-4-9-22(33-3)26-13-14)23(24(29)34-25)15-5-7-18-19(11-15)28-35-27-18/h4-9,11-13,30H,10H2,1-3H3. The highest BCUT2D eigenvalue weighted by Gasteiger charge is 2.48. The van der Waals surface area contributed by atoms with Gasteiger partial charge in [0, 0.05) is 29.8 Å². The molecule has 0 saturated carbocycles. The smallest absolute Gasteiger partial charge is 0.342 e. The molecule has 1 aliphatic rings. The summed E-state index contributed by atoms with van der Waals surface area (Å²) >= 11 is 1.09. The first-order valence-corrected chi connectivity index (χ1v) is 11.3. The Labute approximate surface area is 204 Å².